The predicted molar refractivity (Wildman–Crippen MR) is 139 cm³/mol. The number of likely N-dealkylation sites (tertiary alicyclic amines) is 1. The van der Waals surface area contributed by atoms with Crippen molar-refractivity contribution >= 4 is 22.8 Å². The van der Waals surface area contributed by atoms with E-state index in [0.29, 0.717) is 18.2 Å². The van der Waals surface area contributed by atoms with Crippen molar-refractivity contribution in [1.29, 1.82) is 0 Å². The molecular formula is C29H34N2O4. The van der Waals surface area contributed by atoms with E-state index >= 15 is 0 Å². The summed E-state index contributed by atoms with van der Waals surface area (Å²) in [5.74, 6) is 0.919. The summed E-state index contributed by atoms with van der Waals surface area (Å²) in [5, 5.41) is 14.3. The second kappa shape index (κ2) is 12.0. The van der Waals surface area contributed by atoms with Crippen LogP contribution in [0.15, 0.2) is 72.8 Å². The first-order chi connectivity index (χ1) is 17.0. The summed E-state index contributed by atoms with van der Waals surface area (Å²) in [7, 11) is 2.99. The first-order valence-corrected chi connectivity index (χ1v) is 12.1. The van der Waals surface area contributed by atoms with Crippen molar-refractivity contribution in [3.05, 3.63) is 83.9 Å². The number of carbonyl (C=O) groups excluding carboxylic acids is 1. The molecule has 0 saturated carbocycles. The number of benzene rings is 3. The Morgan fingerprint density at radius 3 is 2.57 bits per heavy atom. The Labute approximate surface area is 207 Å². The van der Waals surface area contributed by atoms with Gasteiger partial charge in [0.15, 0.2) is 0 Å². The second-order valence-corrected chi connectivity index (χ2v) is 9.04. The van der Waals surface area contributed by atoms with Gasteiger partial charge in [0.05, 0.1) is 7.11 Å². The maximum Gasteiger partial charge on any atom is 0.269 e. The average Bonchev–Trinajstić information content (AvgIpc) is 2.90. The number of fused-ring (bicyclic) bond motifs is 1. The molecule has 1 N–H and O–H groups in total. The fourth-order valence-electron chi connectivity index (χ4n) is 4.55. The van der Waals surface area contributed by atoms with E-state index in [-0.39, 0.29) is 12.5 Å². The SMILES string of the molecule is CON(C)C(=O)C=Cc1ccccc1OC[C@@H](O)CN1CCC(c2ccc3ccccc3c2)CC1. The molecule has 0 aromatic heterocycles. The molecule has 0 unspecified atom stereocenters. The number of ether oxygens (including phenoxy) is 1. The molecule has 6 heteroatoms. The maximum absolute atomic E-state index is 11.9. The molecule has 4 rings (SSSR count). The van der Waals surface area contributed by atoms with Crippen LogP contribution in [0.4, 0.5) is 0 Å². The van der Waals surface area contributed by atoms with E-state index in [1.54, 1.807) is 13.1 Å². The molecule has 6 nitrogen and oxygen atoms in total. The zero-order chi connectivity index (χ0) is 24.6. The Balaban J connectivity index is 1.26. The lowest BCUT2D eigenvalue weighted by Crippen LogP contribution is -2.40. The fourth-order valence-corrected chi connectivity index (χ4v) is 4.55. The summed E-state index contributed by atoms with van der Waals surface area (Å²) in [4.78, 5) is 19.2. The first-order valence-electron chi connectivity index (χ1n) is 12.1. The van der Waals surface area contributed by atoms with Gasteiger partial charge in [-0.05, 0) is 60.3 Å². The van der Waals surface area contributed by atoms with Crippen LogP contribution in [0.5, 0.6) is 5.75 Å². The summed E-state index contributed by atoms with van der Waals surface area (Å²) in [6.07, 6.45) is 4.71. The topological polar surface area (TPSA) is 62.2 Å². The molecule has 35 heavy (non-hydrogen) atoms. The molecule has 184 valence electrons. The van der Waals surface area contributed by atoms with E-state index < -0.39 is 6.10 Å². The minimum atomic E-state index is -0.592. The van der Waals surface area contributed by atoms with E-state index in [0.717, 1.165) is 36.6 Å². The number of β-amino-alcohol motifs (C(OH)–C–C–N with tert-alkyl or cyclic N) is 1. The number of para-hydroxylation sites is 1. The van der Waals surface area contributed by atoms with E-state index in [2.05, 4.69) is 47.4 Å². The number of carbonyl (C=O) groups is 1. The second-order valence-electron chi connectivity index (χ2n) is 9.04. The summed E-state index contributed by atoms with van der Waals surface area (Å²) < 4.78 is 5.91. The van der Waals surface area contributed by atoms with Gasteiger partial charge in [-0.3, -0.25) is 9.63 Å². The van der Waals surface area contributed by atoms with Gasteiger partial charge >= 0.3 is 0 Å². The van der Waals surface area contributed by atoms with Crippen LogP contribution in [0, 0.1) is 0 Å². The highest BCUT2D eigenvalue weighted by Gasteiger charge is 2.22. The molecule has 0 spiro atoms. The molecule has 0 aliphatic carbocycles. The highest BCUT2D eigenvalue weighted by atomic mass is 16.7. The highest BCUT2D eigenvalue weighted by molar-refractivity contribution is 5.91. The van der Waals surface area contributed by atoms with Crippen molar-refractivity contribution in [1.82, 2.24) is 9.96 Å². The van der Waals surface area contributed by atoms with Gasteiger partial charge < -0.3 is 14.7 Å². The molecule has 1 aliphatic rings. The fraction of sp³-hybridized carbons (Fsp3) is 0.345. The summed E-state index contributed by atoms with van der Waals surface area (Å²) in [5.41, 5.74) is 2.18. The molecule has 1 aliphatic heterocycles. The van der Waals surface area contributed by atoms with Crippen LogP contribution < -0.4 is 4.74 Å². The summed E-state index contributed by atoms with van der Waals surface area (Å²) >= 11 is 0. The Hall–Kier alpha value is -3.19. The van der Waals surface area contributed by atoms with Crippen molar-refractivity contribution in [2.45, 2.75) is 24.9 Å². The van der Waals surface area contributed by atoms with Crippen LogP contribution in [0.25, 0.3) is 16.8 Å². The molecule has 1 saturated heterocycles. The lowest BCUT2D eigenvalue weighted by molar-refractivity contribution is -0.162. The number of hydrogen-bond donors (Lipinski definition) is 1. The zero-order valence-corrected chi connectivity index (χ0v) is 20.5. The summed E-state index contributed by atoms with van der Waals surface area (Å²) in [6.45, 7) is 2.70. The smallest absolute Gasteiger partial charge is 0.269 e. The third-order valence-electron chi connectivity index (χ3n) is 6.64. The first kappa shape index (κ1) is 24.9. The van der Waals surface area contributed by atoms with Crippen LogP contribution in [0.3, 0.4) is 0 Å². The van der Waals surface area contributed by atoms with E-state index in [1.165, 1.54) is 29.5 Å². The van der Waals surface area contributed by atoms with E-state index in [1.807, 2.05) is 24.3 Å². The number of nitrogens with zero attached hydrogens (tertiary/aromatic N) is 2. The normalized spacial score (nSPS) is 16.0. The molecule has 1 fully saturated rings. The molecule has 3 aromatic rings. The molecule has 0 bridgehead atoms. The standard InChI is InChI=1S/C29H34N2O4/c1-30(34-2)29(33)14-13-24-8-5-6-10-28(24)35-21-27(32)20-31-17-15-23(16-18-31)26-12-11-22-7-3-4-9-25(22)19-26/h3-14,19,23,27,32H,15-18,20-21H2,1-2H3/t27-/m0/s1. The number of rotatable bonds is 9. The third-order valence-corrected chi connectivity index (χ3v) is 6.64. The van der Waals surface area contributed by atoms with Crippen LogP contribution in [0.1, 0.15) is 29.9 Å². The Morgan fingerprint density at radius 1 is 1.09 bits per heavy atom. The third kappa shape index (κ3) is 6.69. The average molecular weight is 475 g/mol. The Bertz CT molecular complexity index is 1150. The van der Waals surface area contributed by atoms with Crippen molar-refractivity contribution in [2.75, 3.05) is 40.4 Å². The number of likely N-dealkylation sites (N-methyl/N-ethyl adjacent to an activating group) is 1. The van der Waals surface area contributed by atoms with Crippen molar-refractivity contribution in [3.63, 3.8) is 0 Å². The molecule has 3 aromatic carbocycles. The lowest BCUT2D eigenvalue weighted by atomic mass is 9.88. The quantitative estimate of drug-likeness (QED) is 0.366. The Kier molecular flexibility index (Phi) is 8.53. The van der Waals surface area contributed by atoms with Crippen molar-refractivity contribution in [2.24, 2.45) is 0 Å². The van der Waals surface area contributed by atoms with Crippen LogP contribution in [0.2, 0.25) is 0 Å². The minimum absolute atomic E-state index is 0.196. The van der Waals surface area contributed by atoms with Crippen molar-refractivity contribution < 1.29 is 19.5 Å². The monoisotopic (exact) mass is 474 g/mol. The van der Waals surface area contributed by atoms with Gasteiger partial charge in [0.1, 0.15) is 18.5 Å². The number of hydrogen-bond acceptors (Lipinski definition) is 5. The largest absolute Gasteiger partial charge is 0.490 e. The highest BCUT2D eigenvalue weighted by Crippen LogP contribution is 2.30. The van der Waals surface area contributed by atoms with Crippen molar-refractivity contribution in [3.8, 4) is 5.75 Å². The van der Waals surface area contributed by atoms with Gasteiger partial charge in [-0.2, -0.15) is 0 Å². The molecule has 0 radical (unpaired) electrons. The number of amides is 1. The number of aliphatic hydroxyl groups is 1. The molecule has 1 atom stereocenters. The van der Waals surface area contributed by atoms with Crippen LogP contribution >= 0.6 is 0 Å². The summed E-state index contributed by atoms with van der Waals surface area (Å²) in [6, 6.07) is 22.8. The number of aliphatic hydroxyl groups excluding tert-OH is 1. The molecule has 1 amide bonds. The van der Waals surface area contributed by atoms with Gasteiger partial charge in [0.2, 0.25) is 0 Å². The number of piperidine rings is 1. The van der Waals surface area contributed by atoms with Gasteiger partial charge in [0, 0.05) is 25.2 Å². The minimum Gasteiger partial charge on any atom is -0.490 e. The van der Waals surface area contributed by atoms with Crippen LogP contribution in [-0.4, -0.2) is 67.5 Å². The lowest BCUT2D eigenvalue weighted by Gasteiger charge is -2.33. The predicted octanol–water partition coefficient (Wildman–Crippen LogP) is 4.49. The van der Waals surface area contributed by atoms with Gasteiger partial charge in [-0.25, -0.2) is 5.06 Å². The molecular weight excluding hydrogens is 440 g/mol. The van der Waals surface area contributed by atoms with E-state index in [4.69, 9.17) is 9.57 Å². The number of hydroxylamine groups is 2. The Morgan fingerprint density at radius 2 is 1.80 bits per heavy atom. The zero-order valence-electron chi connectivity index (χ0n) is 20.5. The molecule has 1 heterocycles. The van der Waals surface area contributed by atoms with Gasteiger partial charge in [-0.1, -0.05) is 60.7 Å². The maximum atomic E-state index is 11.9. The van der Waals surface area contributed by atoms with Gasteiger partial charge in [-0.15, -0.1) is 0 Å². The van der Waals surface area contributed by atoms with E-state index in [9.17, 15) is 9.90 Å². The van der Waals surface area contributed by atoms with Gasteiger partial charge in [0.25, 0.3) is 5.91 Å². The van der Waals surface area contributed by atoms with Crippen LogP contribution in [-0.2, 0) is 9.63 Å².